The first-order chi connectivity index (χ1) is 5.90. The maximum atomic E-state index is 12.4. The van der Waals surface area contributed by atoms with E-state index in [1.54, 1.807) is 6.92 Å². The number of halogens is 2. The summed E-state index contributed by atoms with van der Waals surface area (Å²) in [4.78, 5) is 9.93. The molecule has 0 aliphatic heterocycles. The number of rotatable bonds is 6. The molecule has 1 unspecified atom stereocenters. The summed E-state index contributed by atoms with van der Waals surface area (Å²) in [6, 6.07) is 0. The van der Waals surface area contributed by atoms with Gasteiger partial charge in [0.1, 0.15) is 0 Å². The fourth-order valence-corrected chi connectivity index (χ4v) is 0.616. The molecule has 0 saturated carbocycles. The number of carbonyl (C=O) groups is 1. The Kier molecular flexibility index (Phi) is 4.79. The highest BCUT2D eigenvalue weighted by atomic mass is 19.3. The summed E-state index contributed by atoms with van der Waals surface area (Å²) in [7, 11) is 0. The maximum Gasteiger partial charge on any atom is 0.375 e. The smallest absolute Gasteiger partial charge is 0.375 e. The number of carboxylic acids is 1. The van der Waals surface area contributed by atoms with Gasteiger partial charge in [-0.25, -0.2) is 4.79 Å². The van der Waals surface area contributed by atoms with Crippen molar-refractivity contribution in [1.82, 2.24) is 5.32 Å². The highest BCUT2D eigenvalue weighted by Crippen LogP contribution is 2.11. The van der Waals surface area contributed by atoms with Crippen LogP contribution in [0.4, 0.5) is 8.78 Å². The van der Waals surface area contributed by atoms with Gasteiger partial charge < -0.3 is 15.5 Å². The van der Waals surface area contributed by atoms with Gasteiger partial charge in [-0.05, 0) is 5.92 Å². The van der Waals surface area contributed by atoms with Crippen LogP contribution in [0.5, 0.6) is 0 Å². The van der Waals surface area contributed by atoms with E-state index in [1.165, 1.54) is 0 Å². The maximum absolute atomic E-state index is 12.4. The lowest BCUT2D eigenvalue weighted by molar-refractivity contribution is -0.164. The third-order valence-electron chi connectivity index (χ3n) is 1.46. The highest BCUT2D eigenvalue weighted by Gasteiger charge is 2.38. The molecule has 4 nitrogen and oxygen atoms in total. The van der Waals surface area contributed by atoms with E-state index in [2.05, 4.69) is 5.32 Å². The molecular formula is C7H13F2NO3. The molecule has 0 aliphatic carbocycles. The number of hydrogen-bond donors (Lipinski definition) is 3. The van der Waals surface area contributed by atoms with Crippen LogP contribution in [0, 0.1) is 5.92 Å². The average Bonchev–Trinajstić information content (AvgIpc) is 2.03. The van der Waals surface area contributed by atoms with Crippen molar-refractivity contribution >= 4 is 5.97 Å². The second-order valence-corrected chi connectivity index (χ2v) is 2.93. The monoisotopic (exact) mass is 197 g/mol. The fourth-order valence-electron chi connectivity index (χ4n) is 0.616. The van der Waals surface area contributed by atoms with Crippen LogP contribution in [-0.4, -0.2) is 41.8 Å². The van der Waals surface area contributed by atoms with Crippen LogP contribution in [0.3, 0.4) is 0 Å². The number of aliphatic hydroxyl groups excluding tert-OH is 1. The topological polar surface area (TPSA) is 69.6 Å². The van der Waals surface area contributed by atoms with Crippen molar-refractivity contribution in [3.63, 3.8) is 0 Å². The molecule has 78 valence electrons. The predicted octanol–water partition coefficient (Wildman–Crippen LogP) is -0.0757. The molecular weight excluding hydrogens is 184 g/mol. The van der Waals surface area contributed by atoms with Crippen LogP contribution >= 0.6 is 0 Å². The van der Waals surface area contributed by atoms with Gasteiger partial charge in [-0.1, -0.05) is 6.92 Å². The summed E-state index contributed by atoms with van der Waals surface area (Å²) in [5.74, 6) is -6.05. The normalized spacial score (nSPS) is 14.2. The first kappa shape index (κ1) is 12.2. The summed E-state index contributed by atoms with van der Waals surface area (Å²) < 4.78 is 24.8. The number of alkyl halides is 2. The van der Waals surface area contributed by atoms with Gasteiger partial charge in [0.2, 0.25) is 0 Å². The van der Waals surface area contributed by atoms with E-state index in [0.717, 1.165) is 0 Å². The van der Waals surface area contributed by atoms with E-state index >= 15 is 0 Å². The molecule has 0 spiro atoms. The Labute approximate surface area is 74.6 Å². The molecule has 0 rings (SSSR count). The lowest BCUT2D eigenvalue weighted by atomic mass is 10.2. The molecule has 0 heterocycles. The third kappa shape index (κ3) is 4.74. The average molecular weight is 197 g/mol. The molecule has 3 N–H and O–H groups in total. The first-order valence-electron chi connectivity index (χ1n) is 3.83. The van der Waals surface area contributed by atoms with Crippen molar-refractivity contribution < 1.29 is 23.8 Å². The van der Waals surface area contributed by atoms with Gasteiger partial charge in [-0.2, -0.15) is 8.78 Å². The van der Waals surface area contributed by atoms with Gasteiger partial charge in [0.25, 0.3) is 0 Å². The highest BCUT2D eigenvalue weighted by molar-refractivity contribution is 5.75. The minimum absolute atomic E-state index is 0.119. The third-order valence-corrected chi connectivity index (χ3v) is 1.46. The first-order valence-corrected chi connectivity index (χ1v) is 3.83. The van der Waals surface area contributed by atoms with E-state index in [-0.39, 0.29) is 19.1 Å². The van der Waals surface area contributed by atoms with Crippen molar-refractivity contribution in [1.29, 1.82) is 0 Å². The van der Waals surface area contributed by atoms with Crippen molar-refractivity contribution in [3.05, 3.63) is 0 Å². The number of aliphatic hydroxyl groups is 1. The molecule has 0 aliphatic rings. The fraction of sp³-hybridized carbons (Fsp3) is 0.857. The van der Waals surface area contributed by atoms with Crippen LogP contribution in [-0.2, 0) is 4.79 Å². The van der Waals surface area contributed by atoms with Gasteiger partial charge in [-0.3, -0.25) is 0 Å². The minimum atomic E-state index is -3.74. The standard InChI is InChI=1S/C7H13F2NO3/c1-5(3-11)2-10-4-7(8,9)6(12)13/h5,10-11H,2-4H2,1H3,(H,12,13). The Balaban J connectivity index is 3.70. The summed E-state index contributed by atoms with van der Waals surface area (Å²) in [6.07, 6.45) is 0. The molecule has 6 heteroatoms. The summed E-state index contributed by atoms with van der Waals surface area (Å²) in [5, 5.41) is 18.8. The Morgan fingerprint density at radius 1 is 1.62 bits per heavy atom. The van der Waals surface area contributed by atoms with Crippen molar-refractivity contribution in [2.24, 2.45) is 5.92 Å². The lowest BCUT2D eigenvalue weighted by Gasteiger charge is -2.14. The molecule has 1 atom stereocenters. The molecule has 0 radical (unpaired) electrons. The molecule has 0 aromatic carbocycles. The Hall–Kier alpha value is -0.750. The Morgan fingerprint density at radius 3 is 2.54 bits per heavy atom. The van der Waals surface area contributed by atoms with Gasteiger partial charge in [0.05, 0.1) is 6.54 Å². The molecule has 0 fully saturated rings. The molecule has 0 amide bonds. The number of hydrogen-bond acceptors (Lipinski definition) is 3. The quantitative estimate of drug-likeness (QED) is 0.557. The van der Waals surface area contributed by atoms with Gasteiger partial charge in [-0.15, -0.1) is 0 Å². The molecule has 0 aromatic rings. The van der Waals surface area contributed by atoms with E-state index < -0.39 is 18.4 Å². The van der Waals surface area contributed by atoms with Gasteiger partial charge >= 0.3 is 11.9 Å². The summed E-state index contributed by atoms with van der Waals surface area (Å²) >= 11 is 0. The van der Waals surface area contributed by atoms with Gasteiger partial charge in [0.15, 0.2) is 0 Å². The zero-order chi connectivity index (χ0) is 10.5. The van der Waals surface area contributed by atoms with E-state index in [0.29, 0.717) is 0 Å². The lowest BCUT2D eigenvalue weighted by Crippen LogP contribution is -2.41. The summed E-state index contributed by atoms with van der Waals surface area (Å²) in [6.45, 7) is 0.795. The van der Waals surface area contributed by atoms with E-state index in [1.807, 2.05) is 0 Å². The number of carboxylic acid groups (broad SMARTS) is 1. The minimum Gasteiger partial charge on any atom is -0.477 e. The van der Waals surface area contributed by atoms with Crippen molar-refractivity contribution in [2.45, 2.75) is 12.8 Å². The van der Waals surface area contributed by atoms with Crippen LogP contribution in [0.25, 0.3) is 0 Å². The molecule has 0 saturated heterocycles. The Morgan fingerprint density at radius 2 is 2.15 bits per heavy atom. The van der Waals surface area contributed by atoms with Crippen LogP contribution in [0.2, 0.25) is 0 Å². The number of nitrogens with one attached hydrogen (secondary N) is 1. The second-order valence-electron chi connectivity index (χ2n) is 2.93. The SMILES string of the molecule is CC(CO)CNCC(F)(F)C(=O)O. The number of aliphatic carboxylic acids is 1. The summed E-state index contributed by atoms with van der Waals surface area (Å²) in [5.41, 5.74) is 0. The molecule has 0 aromatic heterocycles. The van der Waals surface area contributed by atoms with Crippen LogP contribution < -0.4 is 5.32 Å². The van der Waals surface area contributed by atoms with Crippen molar-refractivity contribution in [2.75, 3.05) is 19.7 Å². The molecule has 0 bridgehead atoms. The predicted molar refractivity (Wildman–Crippen MR) is 41.7 cm³/mol. The van der Waals surface area contributed by atoms with Gasteiger partial charge in [0, 0.05) is 13.2 Å². The van der Waals surface area contributed by atoms with E-state index in [9.17, 15) is 13.6 Å². The zero-order valence-electron chi connectivity index (χ0n) is 7.26. The second kappa shape index (κ2) is 5.08. The zero-order valence-corrected chi connectivity index (χ0v) is 7.26. The Bertz CT molecular complexity index is 175. The molecule has 13 heavy (non-hydrogen) atoms. The van der Waals surface area contributed by atoms with E-state index in [4.69, 9.17) is 10.2 Å². The van der Waals surface area contributed by atoms with Crippen molar-refractivity contribution in [3.8, 4) is 0 Å². The van der Waals surface area contributed by atoms with Crippen LogP contribution in [0.15, 0.2) is 0 Å². The van der Waals surface area contributed by atoms with Crippen LogP contribution in [0.1, 0.15) is 6.92 Å². The largest absolute Gasteiger partial charge is 0.477 e.